The lowest BCUT2D eigenvalue weighted by Crippen LogP contribution is -2.54. The monoisotopic (exact) mass is 329 g/mol. The molecule has 0 aliphatic carbocycles. The van der Waals surface area contributed by atoms with E-state index in [2.05, 4.69) is 10.2 Å². The first-order valence-corrected chi connectivity index (χ1v) is 8.16. The molecule has 0 spiro atoms. The molecule has 0 saturated carbocycles. The van der Waals surface area contributed by atoms with Gasteiger partial charge in [-0.1, -0.05) is 18.2 Å². The first-order valence-electron chi connectivity index (χ1n) is 8.16. The number of para-hydroxylation sites is 1. The molecule has 1 aromatic carbocycles. The molecule has 24 heavy (non-hydrogen) atoms. The van der Waals surface area contributed by atoms with Gasteiger partial charge >= 0.3 is 0 Å². The average molecular weight is 329 g/mol. The zero-order valence-corrected chi connectivity index (χ0v) is 14.1. The fourth-order valence-corrected chi connectivity index (χ4v) is 3.08. The number of methoxy groups -OCH3 is 1. The Balaban J connectivity index is 1.70. The molecule has 1 fully saturated rings. The topological polar surface area (TPSA) is 67.5 Å². The Labute approximate surface area is 141 Å². The normalized spacial score (nSPS) is 20.8. The van der Waals surface area contributed by atoms with Crippen LogP contribution in [0.5, 0.6) is 5.75 Å². The smallest absolute Gasteiger partial charge is 0.257 e. The minimum Gasteiger partial charge on any atom is -0.491 e. The van der Waals surface area contributed by atoms with Crippen molar-refractivity contribution in [2.45, 2.75) is 25.4 Å². The predicted molar refractivity (Wildman–Crippen MR) is 90.1 cm³/mol. The third-order valence-corrected chi connectivity index (χ3v) is 4.57. The molecule has 1 saturated heterocycles. The molecule has 0 radical (unpaired) electrons. The molecule has 1 atom stereocenters. The molecule has 1 N–H and O–H groups in total. The Hall–Kier alpha value is -2.34. The van der Waals surface area contributed by atoms with Crippen LogP contribution in [0.2, 0.25) is 0 Å². The van der Waals surface area contributed by atoms with Crippen molar-refractivity contribution in [3.05, 3.63) is 47.8 Å². The van der Waals surface area contributed by atoms with Crippen molar-refractivity contribution in [2.24, 2.45) is 0 Å². The molecule has 6 heteroatoms. The number of aryl methyl sites for hydroxylation is 1. The highest BCUT2D eigenvalue weighted by atomic mass is 16.5. The fraction of sp³-hybridized carbons (Fsp3) is 0.444. The number of carbonyl (C=O) groups excluding carboxylic acids is 1. The third-order valence-electron chi connectivity index (χ3n) is 4.57. The summed E-state index contributed by atoms with van der Waals surface area (Å²) < 4.78 is 11.7. The van der Waals surface area contributed by atoms with Crippen LogP contribution in [0.15, 0.2) is 36.5 Å². The molecule has 0 unspecified atom stereocenters. The Morgan fingerprint density at radius 2 is 2.17 bits per heavy atom. The van der Waals surface area contributed by atoms with Crippen LogP contribution in [0, 0.1) is 6.92 Å². The lowest BCUT2D eigenvalue weighted by Gasteiger charge is -2.41. The van der Waals surface area contributed by atoms with Crippen LogP contribution < -0.4 is 4.74 Å². The van der Waals surface area contributed by atoms with Crippen LogP contribution in [0.4, 0.5) is 0 Å². The van der Waals surface area contributed by atoms with Gasteiger partial charge in [-0.25, -0.2) is 0 Å². The zero-order chi connectivity index (χ0) is 17.0. The minimum absolute atomic E-state index is 0.0120. The average Bonchev–Trinajstić information content (AvgIpc) is 3.06. The van der Waals surface area contributed by atoms with E-state index in [4.69, 9.17) is 9.47 Å². The van der Waals surface area contributed by atoms with Gasteiger partial charge in [0.25, 0.3) is 5.91 Å². The van der Waals surface area contributed by atoms with E-state index < -0.39 is 5.60 Å². The van der Waals surface area contributed by atoms with Crippen molar-refractivity contribution in [1.82, 2.24) is 15.1 Å². The minimum atomic E-state index is -0.485. The van der Waals surface area contributed by atoms with Crippen LogP contribution in [-0.4, -0.2) is 53.4 Å². The highest BCUT2D eigenvalue weighted by Crippen LogP contribution is 2.27. The number of nitrogens with zero attached hydrogens (tertiary/aromatic N) is 2. The second kappa shape index (κ2) is 7.05. The largest absolute Gasteiger partial charge is 0.491 e. The molecular weight excluding hydrogens is 306 g/mol. The van der Waals surface area contributed by atoms with E-state index in [0.29, 0.717) is 18.7 Å². The Morgan fingerprint density at radius 1 is 1.38 bits per heavy atom. The second-order valence-corrected chi connectivity index (χ2v) is 6.23. The summed E-state index contributed by atoms with van der Waals surface area (Å²) in [5.74, 6) is 0.796. The Kier molecular flexibility index (Phi) is 4.85. The van der Waals surface area contributed by atoms with Crippen molar-refractivity contribution in [2.75, 3.05) is 26.8 Å². The van der Waals surface area contributed by atoms with E-state index in [0.717, 1.165) is 30.8 Å². The molecule has 1 aliphatic rings. The first kappa shape index (κ1) is 16.5. The van der Waals surface area contributed by atoms with Crippen LogP contribution in [0.3, 0.4) is 0 Å². The fourth-order valence-electron chi connectivity index (χ4n) is 3.08. The van der Waals surface area contributed by atoms with Crippen molar-refractivity contribution in [3.63, 3.8) is 0 Å². The molecule has 2 heterocycles. The van der Waals surface area contributed by atoms with E-state index in [1.165, 1.54) is 0 Å². The number of nitrogens with one attached hydrogen (secondary N) is 1. The van der Waals surface area contributed by atoms with Crippen LogP contribution in [0.25, 0.3) is 0 Å². The van der Waals surface area contributed by atoms with Gasteiger partial charge in [-0.05, 0) is 31.9 Å². The van der Waals surface area contributed by atoms with Gasteiger partial charge in [0, 0.05) is 19.3 Å². The van der Waals surface area contributed by atoms with E-state index in [9.17, 15) is 4.79 Å². The summed E-state index contributed by atoms with van der Waals surface area (Å²) in [6.07, 6.45) is 3.33. The maximum atomic E-state index is 12.7. The summed E-state index contributed by atoms with van der Waals surface area (Å²) in [7, 11) is 1.69. The highest BCUT2D eigenvalue weighted by molar-refractivity contribution is 5.95. The first-order chi connectivity index (χ1) is 11.6. The zero-order valence-electron chi connectivity index (χ0n) is 14.1. The molecule has 1 aliphatic heterocycles. The summed E-state index contributed by atoms with van der Waals surface area (Å²) in [6.45, 7) is 3.51. The summed E-state index contributed by atoms with van der Waals surface area (Å²) in [5, 5.41) is 6.76. The van der Waals surface area contributed by atoms with Crippen LogP contribution in [0.1, 0.15) is 28.9 Å². The van der Waals surface area contributed by atoms with Crippen molar-refractivity contribution >= 4 is 5.91 Å². The lowest BCUT2D eigenvalue weighted by atomic mass is 9.92. The standard InChI is InChI=1S/C18H23N3O3/c1-14-16(11-19-20-14)17(22)21-10-6-9-18(12-21,23-2)13-24-15-7-4-3-5-8-15/h3-5,7-8,11H,6,9-10,12-13H2,1-2H3,(H,19,20)/t18-/m0/s1. The second-order valence-electron chi connectivity index (χ2n) is 6.23. The number of likely N-dealkylation sites (tertiary alicyclic amines) is 1. The molecule has 1 aromatic heterocycles. The molecule has 2 aromatic rings. The summed E-state index contributed by atoms with van der Waals surface area (Å²) in [6, 6.07) is 9.67. The number of ether oxygens (including phenoxy) is 2. The highest BCUT2D eigenvalue weighted by Gasteiger charge is 2.38. The van der Waals surface area contributed by atoms with Gasteiger partial charge in [-0.15, -0.1) is 0 Å². The number of H-pyrrole nitrogens is 1. The number of aromatic nitrogens is 2. The Bertz CT molecular complexity index is 686. The number of hydrogen-bond acceptors (Lipinski definition) is 4. The van der Waals surface area contributed by atoms with Gasteiger partial charge in [0.15, 0.2) is 0 Å². The van der Waals surface area contributed by atoms with Gasteiger partial charge in [0.1, 0.15) is 18.0 Å². The summed E-state index contributed by atoms with van der Waals surface area (Å²) in [5.41, 5.74) is 0.918. The quantitative estimate of drug-likeness (QED) is 0.915. The van der Waals surface area contributed by atoms with Crippen molar-refractivity contribution in [3.8, 4) is 5.75 Å². The lowest BCUT2D eigenvalue weighted by molar-refractivity contribution is -0.0825. The molecule has 0 bridgehead atoms. The molecule has 128 valence electrons. The number of rotatable bonds is 5. The molecule has 6 nitrogen and oxygen atoms in total. The van der Waals surface area contributed by atoms with Crippen LogP contribution in [-0.2, 0) is 4.74 Å². The maximum Gasteiger partial charge on any atom is 0.257 e. The number of hydrogen-bond donors (Lipinski definition) is 1. The SMILES string of the molecule is CO[C@@]1(COc2ccccc2)CCCN(C(=O)c2cn[nH]c2C)C1. The van der Waals surface area contributed by atoms with Crippen molar-refractivity contribution in [1.29, 1.82) is 0 Å². The van der Waals surface area contributed by atoms with Gasteiger partial charge in [0.05, 0.1) is 18.3 Å². The number of piperidine rings is 1. The van der Waals surface area contributed by atoms with Gasteiger partial charge in [-0.2, -0.15) is 5.10 Å². The number of carbonyl (C=O) groups is 1. The van der Waals surface area contributed by atoms with E-state index in [1.807, 2.05) is 42.2 Å². The third kappa shape index (κ3) is 3.43. The maximum absolute atomic E-state index is 12.7. The predicted octanol–water partition coefficient (Wildman–Crippen LogP) is 2.42. The summed E-state index contributed by atoms with van der Waals surface area (Å²) >= 11 is 0. The van der Waals surface area contributed by atoms with E-state index in [-0.39, 0.29) is 5.91 Å². The molecular formula is C18H23N3O3. The summed E-state index contributed by atoms with van der Waals surface area (Å²) in [4.78, 5) is 14.6. The molecule has 3 rings (SSSR count). The van der Waals surface area contributed by atoms with Crippen LogP contribution >= 0.6 is 0 Å². The molecule has 1 amide bonds. The van der Waals surface area contributed by atoms with Crippen molar-refractivity contribution < 1.29 is 14.3 Å². The number of amides is 1. The van der Waals surface area contributed by atoms with Gasteiger partial charge < -0.3 is 14.4 Å². The van der Waals surface area contributed by atoms with Gasteiger partial charge in [0.2, 0.25) is 0 Å². The van der Waals surface area contributed by atoms with Gasteiger partial charge in [-0.3, -0.25) is 9.89 Å². The number of benzene rings is 1. The number of aromatic amines is 1. The van der Waals surface area contributed by atoms with E-state index >= 15 is 0 Å². The Morgan fingerprint density at radius 3 is 2.83 bits per heavy atom. The van der Waals surface area contributed by atoms with E-state index in [1.54, 1.807) is 13.3 Å².